The van der Waals surface area contributed by atoms with Crippen molar-refractivity contribution in [2.75, 3.05) is 0 Å². The molecule has 1 saturated carbocycles. The van der Waals surface area contributed by atoms with Crippen molar-refractivity contribution >= 4 is 0 Å². The molecule has 3 unspecified atom stereocenters. The number of rotatable bonds is 1. The normalized spacial score (nSPS) is 36.8. The highest BCUT2D eigenvalue weighted by Gasteiger charge is 2.41. The van der Waals surface area contributed by atoms with Crippen molar-refractivity contribution in [2.45, 2.75) is 45.6 Å². The van der Waals surface area contributed by atoms with Crippen LogP contribution in [0.2, 0.25) is 0 Å². The molecule has 15 heavy (non-hydrogen) atoms. The Morgan fingerprint density at radius 3 is 2.73 bits per heavy atom. The third-order valence-corrected chi connectivity index (χ3v) is 3.63. The summed E-state index contributed by atoms with van der Waals surface area (Å²) in [5.41, 5.74) is 6.03. The highest BCUT2D eigenvalue weighted by molar-refractivity contribution is 5.08. The molecule has 2 rings (SSSR count). The molecule has 3 atom stereocenters. The average Bonchev–Trinajstić information content (AvgIpc) is 2.60. The molecule has 1 fully saturated rings. The van der Waals surface area contributed by atoms with Crippen molar-refractivity contribution in [3.8, 4) is 0 Å². The third-order valence-electron chi connectivity index (χ3n) is 3.63. The van der Waals surface area contributed by atoms with Crippen LogP contribution >= 0.6 is 0 Å². The Bertz CT molecular complexity index is 349. The van der Waals surface area contributed by atoms with E-state index in [4.69, 9.17) is 10.3 Å². The largest absolute Gasteiger partial charge is 0.340 e. The summed E-state index contributed by atoms with van der Waals surface area (Å²) in [7, 11) is 0. The molecule has 0 amide bonds. The van der Waals surface area contributed by atoms with Crippen molar-refractivity contribution in [1.82, 2.24) is 10.1 Å². The minimum absolute atomic E-state index is 0.385. The van der Waals surface area contributed by atoms with Crippen LogP contribution in [-0.4, -0.2) is 10.1 Å². The first-order valence-electron chi connectivity index (χ1n) is 5.62. The predicted octanol–water partition coefficient (Wildman–Crippen LogP) is 1.99. The molecular formula is C11H19N3O. The Kier molecular flexibility index (Phi) is 2.54. The second-order valence-electron chi connectivity index (χ2n) is 4.96. The fourth-order valence-corrected chi connectivity index (χ4v) is 2.48. The molecule has 4 nitrogen and oxygen atoms in total. The van der Waals surface area contributed by atoms with Crippen LogP contribution in [0.25, 0.3) is 0 Å². The smallest absolute Gasteiger partial charge is 0.223 e. The van der Waals surface area contributed by atoms with Crippen molar-refractivity contribution < 1.29 is 4.52 Å². The van der Waals surface area contributed by atoms with Crippen LogP contribution in [0.1, 0.15) is 44.8 Å². The molecule has 0 spiro atoms. The van der Waals surface area contributed by atoms with Gasteiger partial charge in [0.1, 0.15) is 0 Å². The Morgan fingerprint density at radius 2 is 2.20 bits per heavy atom. The van der Waals surface area contributed by atoms with Gasteiger partial charge in [0, 0.05) is 6.92 Å². The lowest BCUT2D eigenvalue weighted by atomic mass is 9.70. The van der Waals surface area contributed by atoms with Crippen LogP contribution in [-0.2, 0) is 5.54 Å². The lowest BCUT2D eigenvalue weighted by Gasteiger charge is -2.39. The van der Waals surface area contributed by atoms with Crippen LogP contribution in [0.15, 0.2) is 4.52 Å². The first-order valence-corrected chi connectivity index (χ1v) is 5.62. The number of hydrogen-bond acceptors (Lipinski definition) is 4. The van der Waals surface area contributed by atoms with Gasteiger partial charge in [-0.25, -0.2) is 0 Å². The maximum atomic E-state index is 6.41. The second kappa shape index (κ2) is 3.59. The van der Waals surface area contributed by atoms with Crippen molar-refractivity contribution in [1.29, 1.82) is 0 Å². The van der Waals surface area contributed by atoms with Gasteiger partial charge in [-0.05, 0) is 31.1 Å². The van der Waals surface area contributed by atoms with E-state index < -0.39 is 0 Å². The molecule has 1 aliphatic carbocycles. The van der Waals surface area contributed by atoms with Crippen LogP contribution in [0, 0.1) is 18.8 Å². The highest BCUT2D eigenvalue weighted by Crippen LogP contribution is 2.40. The van der Waals surface area contributed by atoms with E-state index >= 15 is 0 Å². The minimum atomic E-state index is -0.385. The number of aromatic nitrogens is 2. The molecule has 1 heterocycles. The summed E-state index contributed by atoms with van der Waals surface area (Å²) in [6, 6.07) is 0. The van der Waals surface area contributed by atoms with Gasteiger partial charge in [-0.2, -0.15) is 4.98 Å². The van der Waals surface area contributed by atoms with Crippen molar-refractivity contribution in [2.24, 2.45) is 17.6 Å². The molecular weight excluding hydrogens is 190 g/mol. The van der Waals surface area contributed by atoms with E-state index in [1.165, 1.54) is 0 Å². The summed E-state index contributed by atoms with van der Waals surface area (Å²) in [6.45, 7) is 6.26. The molecule has 0 aliphatic heterocycles. The van der Waals surface area contributed by atoms with E-state index in [0.29, 0.717) is 17.6 Å². The molecule has 1 aromatic rings. The Morgan fingerprint density at radius 1 is 1.47 bits per heavy atom. The monoisotopic (exact) mass is 209 g/mol. The summed E-state index contributed by atoms with van der Waals surface area (Å²) in [4.78, 5) is 4.28. The topological polar surface area (TPSA) is 64.9 Å². The zero-order chi connectivity index (χ0) is 11.1. The van der Waals surface area contributed by atoms with Crippen LogP contribution < -0.4 is 5.73 Å². The van der Waals surface area contributed by atoms with E-state index in [-0.39, 0.29) is 5.54 Å². The van der Waals surface area contributed by atoms with E-state index in [0.717, 1.165) is 25.2 Å². The summed E-state index contributed by atoms with van der Waals surface area (Å²) in [5, 5.41) is 3.98. The zero-order valence-corrected chi connectivity index (χ0v) is 9.66. The maximum Gasteiger partial charge on any atom is 0.223 e. The molecule has 0 radical (unpaired) electrons. The Hall–Kier alpha value is -0.900. The van der Waals surface area contributed by atoms with Crippen molar-refractivity contribution in [3.05, 3.63) is 11.7 Å². The SMILES string of the molecule is Cc1nc(C2(N)CCC(C)CC2C)no1. The number of aryl methyl sites for hydroxylation is 1. The number of nitrogens with two attached hydrogens (primary N) is 1. The molecule has 1 aliphatic rings. The quantitative estimate of drug-likeness (QED) is 0.768. The third kappa shape index (κ3) is 1.78. The van der Waals surface area contributed by atoms with E-state index in [2.05, 4.69) is 24.0 Å². The number of hydrogen-bond donors (Lipinski definition) is 1. The van der Waals surface area contributed by atoms with Gasteiger partial charge >= 0.3 is 0 Å². The summed E-state index contributed by atoms with van der Waals surface area (Å²) >= 11 is 0. The van der Waals surface area contributed by atoms with Gasteiger partial charge in [-0.3, -0.25) is 0 Å². The molecule has 1 aromatic heterocycles. The standard InChI is InChI=1S/C11H19N3O/c1-7-4-5-11(12,8(2)6-7)10-13-9(3)15-14-10/h7-8H,4-6,12H2,1-3H3. The lowest BCUT2D eigenvalue weighted by molar-refractivity contribution is 0.152. The predicted molar refractivity (Wildman–Crippen MR) is 57.1 cm³/mol. The summed E-state index contributed by atoms with van der Waals surface area (Å²) in [5.74, 6) is 2.45. The molecule has 0 saturated heterocycles. The highest BCUT2D eigenvalue weighted by atomic mass is 16.5. The molecule has 0 bridgehead atoms. The molecule has 84 valence electrons. The summed E-state index contributed by atoms with van der Waals surface area (Å²) < 4.78 is 5.02. The fraction of sp³-hybridized carbons (Fsp3) is 0.818. The van der Waals surface area contributed by atoms with E-state index in [1.807, 2.05) is 0 Å². The van der Waals surface area contributed by atoms with Crippen LogP contribution in [0.5, 0.6) is 0 Å². The Balaban J connectivity index is 2.26. The average molecular weight is 209 g/mol. The summed E-state index contributed by atoms with van der Waals surface area (Å²) in [6.07, 6.45) is 3.24. The van der Waals surface area contributed by atoms with Crippen LogP contribution in [0.4, 0.5) is 0 Å². The van der Waals surface area contributed by atoms with Gasteiger partial charge in [0.2, 0.25) is 5.89 Å². The molecule has 4 heteroatoms. The Labute approximate surface area is 90.2 Å². The fourth-order valence-electron chi connectivity index (χ4n) is 2.48. The van der Waals surface area contributed by atoms with Gasteiger partial charge < -0.3 is 10.3 Å². The van der Waals surface area contributed by atoms with Gasteiger partial charge in [-0.15, -0.1) is 0 Å². The number of nitrogens with zero attached hydrogens (tertiary/aromatic N) is 2. The minimum Gasteiger partial charge on any atom is -0.340 e. The molecule has 2 N–H and O–H groups in total. The lowest BCUT2D eigenvalue weighted by Crippen LogP contribution is -2.47. The van der Waals surface area contributed by atoms with Gasteiger partial charge in [0.25, 0.3) is 0 Å². The second-order valence-corrected chi connectivity index (χ2v) is 4.96. The zero-order valence-electron chi connectivity index (χ0n) is 9.66. The first-order chi connectivity index (χ1) is 7.02. The molecule has 0 aromatic carbocycles. The van der Waals surface area contributed by atoms with Gasteiger partial charge in [0.05, 0.1) is 5.54 Å². The maximum absolute atomic E-state index is 6.41. The van der Waals surface area contributed by atoms with E-state index in [9.17, 15) is 0 Å². The van der Waals surface area contributed by atoms with Crippen molar-refractivity contribution in [3.63, 3.8) is 0 Å². The van der Waals surface area contributed by atoms with Gasteiger partial charge in [-0.1, -0.05) is 19.0 Å². The van der Waals surface area contributed by atoms with Crippen LogP contribution in [0.3, 0.4) is 0 Å². The van der Waals surface area contributed by atoms with E-state index in [1.54, 1.807) is 6.92 Å². The van der Waals surface area contributed by atoms with Gasteiger partial charge in [0.15, 0.2) is 5.82 Å². The first kappa shape index (κ1) is 10.6.